The molecule has 0 fully saturated rings. The van der Waals surface area contributed by atoms with Crippen molar-refractivity contribution in [3.8, 4) is 17.1 Å². The Kier molecular flexibility index (Phi) is 4.46. The molecule has 1 N–H and O–H groups in total. The van der Waals surface area contributed by atoms with Gasteiger partial charge in [-0.3, -0.25) is 0 Å². The Bertz CT molecular complexity index is 1070. The summed E-state index contributed by atoms with van der Waals surface area (Å²) in [5.41, 5.74) is 3.32. The van der Waals surface area contributed by atoms with Crippen molar-refractivity contribution in [3.05, 3.63) is 60.9 Å². The number of imidazole rings is 1. The van der Waals surface area contributed by atoms with Crippen LogP contribution in [0.2, 0.25) is 0 Å². The molecule has 0 bridgehead atoms. The number of nitrogens with one attached hydrogen (secondary N) is 1. The molecular formula is C21H21N5O. The van der Waals surface area contributed by atoms with Gasteiger partial charge in [-0.05, 0) is 26.0 Å². The van der Waals surface area contributed by atoms with Gasteiger partial charge in [0.15, 0.2) is 22.8 Å². The zero-order valence-electron chi connectivity index (χ0n) is 15.5. The highest BCUT2D eigenvalue weighted by atomic mass is 16.5. The molecule has 0 aliphatic rings. The van der Waals surface area contributed by atoms with Gasteiger partial charge >= 0.3 is 0 Å². The number of hydrogen-bond donors (Lipinski definition) is 1. The first-order valence-corrected chi connectivity index (χ1v) is 8.87. The van der Waals surface area contributed by atoms with Crippen LogP contribution in [0.1, 0.15) is 19.9 Å². The molecule has 2 heterocycles. The Balaban J connectivity index is 1.90. The first-order chi connectivity index (χ1) is 13.2. The molecule has 2 aromatic heterocycles. The lowest BCUT2D eigenvalue weighted by Gasteiger charge is -2.13. The van der Waals surface area contributed by atoms with Gasteiger partial charge in [-0.2, -0.15) is 0 Å². The molecule has 0 amide bonds. The molecular weight excluding hydrogens is 338 g/mol. The van der Waals surface area contributed by atoms with E-state index in [1.165, 1.54) is 0 Å². The minimum absolute atomic E-state index is 0.243. The smallest absolute Gasteiger partial charge is 0.166 e. The summed E-state index contributed by atoms with van der Waals surface area (Å²) in [6.07, 6.45) is 1.81. The predicted octanol–water partition coefficient (Wildman–Crippen LogP) is 4.83. The second-order valence-electron chi connectivity index (χ2n) is 6.50. The Morgan fingerprint density at radius 2 is 1.70 bits per heavy atom. The summed E-state index contributed by atoms with van der Waals surface area (Å²) >= 11 is 0. The third kappa shape index (κ3) is 3.21. The average molecular weight is 359 g/mol. The van der Waals surface area contributed by atoms with Crippen LogP contribution in [0.5, 0.6) is 5.75 Å². The highest BCUT2D eigenvalue weighted by molar-refractivity contribution is 5.88. The van der Waals surface area contributed by atoms with Crippen molar-refractivity contribution < 1.29 is 4.74 Å². The SMILES string of the molecule is COc1ccccc1Nc1nc(-c2ccccc2)nc2c1ncn2C(C)C. The Morgan fingerprint density at radius 3 is 2.44 bits per heavy atom. The van der Waals surface area contributed by atoms with E-state index in [-0.39, 0.29) is 6.04 Å². The maximum Gasteiger partial charge on any atom is 0.166 e. The fourth-order valence-corrected chi connectivity index (χ4v) is 2.97. The number of ether oxygens (including phenoxy) is 1. The maximum atomic E-state index is 5.46. The van der Waals surface area contributed by atoms with Crippen LogP contribution >= 0.6 is 0 Å². The van der Waals surface area contributed by atoms with Gasteiger partial charge in [-0.15, -0.1) is 0 Å². The van der Waals surface area contributed by atoms with E-state index < -0.39 is 0 Å². The van der Waals surface area contributed by atoms with E-state index in [0.717, 1.165) is 28.2 Å². The summed E-state index contributed by atoms with van der Waals surface area (Å²) in [4.78, 5) is 14.1. The number of aromatic nitrogens is 4. The largest absolute Gasteiger partial charge is 0.495 e. The highest BCUT2D eigenvalue weighted by Crippen LogP contribution is 2.31. The summed E-state index contributed by atoms with van der Waals surface area (Å²) in [6, 6.07) is 17.9. The van der Waals surface area contributed by atoms with Gasteiger partial charge in [0, 0.05) is 11.6 Å². The lowest BCUT2D eigenvalue weighted by atomic mass is 10.2. The van der Waals surface area contributed by atoms with Gasteiger partial charge in [0.2, 0.25) is 0 Å². The zero-order chi connectivity index (χ0) is 18.8. The van der Waals surface area contributed by atoms with Gasteiger partial charge in [0.25, 0.3) is 0 Å². The molecule has 0 aliphatic carbocycles. The van der Waals surface area contributed by atoms with Crippen molar-refractivity contribution >= 4 is 22.7 Å². The zero-order valence-corrected chi connectivity index (χ0v) is 15.5. The molecule has 4 rings (SSSR count). The van der Waals surface area contributed by atoms with E-state index in [1.54, 1.807) is 7.11 Å². The molecule has 0 saturated heterocycles. The first-order valence-electron chi connectivity index (χ1n) is 8.87. The molecule has 0 spiro atoms. The minimum atomic E-state index is 0.243. The number of para-hydroxylation sites is 2. The van der Waals surface area contributed by atoms with E-state index in [1.807, 2.05) is 60.9 Å². The van der Waals surface area contributed by atoms with Crippen LogP contribution in [0.4, 0.5) is 11.5 Å². The van der Waals surface area contributed by atoms with Gasteiger partial charge in [0.1, 0.15) is 5.75 Å². The van der Waals surface area contributed by atoms with Crippen molar-refractivity contribution in [1.82, 2.24) is 19.5 Å². The summed E-state index contributed by atoms with van der Waals surface area (Å²) < 4.78 is 7.51. The molecule has 6 heteroatoms. The average Bonchev–Trinajstić information content (AvgIpc) is 3.13. The third-order valence-corrected chi connectivity index (χ3v) is 4.37. The summed E-state index contributed by atoms with van der Waals surface area (Å²) in [6.45, 7) is 4.22. The van der Waals surface area contributed by atoms with Crippen LogP contribution in [0.25, 0.3) is 22.6 Å². The number of benzene rings is 2. The molecule has 0 saturated carbocycles. The van der Waals surface area contributed by atoms with E-state index in [9.17, 15) is 0 Å². The molecule has 0 aliphatic heterocycles. The van der Waals surface area contributed by atoms with Crippen LogP contribution in [0.15, 0.2) is 60.9 Å². The molecule has 0 atom stereocenters. The van der Waals surface area contributed by atoms with Crippen molar-refractivity contribution in [2.75, 3.05) is 12.4 Å². The number of nitrogens with zero attached hydrogens (tertiary/aromatic N) is 4. The molecule has 0 unspecified atom stereocenters. The van der Waals surface area contributed by atoms with Crippen molar-refractivity contribution in [2.45, 2.75) is 19.9 Å². The number of anilines is 2. The molecule has 2 aromatic carbocycles. The topological polar surface area (TPSA) is 64.9 Å². The fraction of sp³-hybridized carbons (Fsp3) is 0.190. The van der Waals surface area contributed by atoms with Crippen LogP contribution in [0, 0.1) is 0 Å². The quantitative estimate of drug-likeness (QED) is 0.553. The monoisotopic (exact) mass is 359 g/mol. The molecule has 136 valence electrons. The van der Waals surface area contributed by atoms with Crippen LogP contribution in [-0.2, 0) is 0 Å². The van der Waals surface area contributed by atoms with Gasteiger partial charge in [0.05, 0.1) is 19.1 Å². The number of hydrogen-bond acceptors (Lipinski definition) is 5. The second-order valence-corrected chi connectivity index (χ2v) is 6.50. The Labute approximate surface area is 157 Å². The highest BCUT2D eigenvalue weighted by Gasteiger charge is 2.16. The molecule has 27 heavy (non-hydrogen) atoms. The summed E-state index contributed by atoms with van der Waals surface area (Å²) in [5, 5.41) is 3.38. The number of rotatable bonds is 5. The summed E-state index contributed by atoms with van der Waals surface area (Å²) in [5.74, 6) is 2.06. The van der Waals surface area contributed by atoms with Gasteiger partial charge in [-0.25, -0.2) is 15.0 Å². The molecule has 0 radical (unpaired) electrons. The molecule has 4 aromatic rings. The Hall–Kier alpha value is -3.41. The van der Waals surface area contributed by atoms with Crippen LogP contribution in [0.3, 0.4) is 0 Å². The van der Waals surface area contributed by atoms with Crippen molar-refractivity contribution in [2.24, 2.45) is 0 Å². The standard InChI is InChI=1S/C21H21N5O/c1-14(2)26-13-22-18-20(23-16-11-7-8-12-17(16)27-3)24-19(25-21(18)26)15-9-5-4-6-10-15/h4-14H,1-3H3,(H,23,24,25). The summed E-state index contributed by atoms with van der Waals surface area (Å²) in [7, 11) is 1.65. The molecule has 6 nitrogen and oxygen atoms in total. The fourth-order valence-electron chi connectivity index (χ4n) is 2.97. The van der Waals surface area contributed by atoms with Crippen molar-refractivity contribution in [3.63, 3.8) is 0 Å². The van der Waals surface area contributed by atoms with Gasteiger partial charge < -0.3 is 14.6 Å². The second kappa shape index (κ2) is 7.07. The van der Waals surface area contributed by atoms with Gasteiger partial charge in [-0.1, -0.05) is 42.5 Å². The van der Waals surface area contributed by atoms with Crippen LogP contribution < -0.4 is 10.1 Å². The normalized spacial score (nSPS) is 11.1. The van der Waals surface area contributed by atoms with E-state index in [0.29, 0.717) is 11.6 Å². The lowest BCUT2D eigenvalue weighted by molar-refractivity contribution is 0.417. The minimum Gasteiger partial charge on any atom is -0.495 e. The Morgan fingerprint density at radius 1 is 0.963 bits per heavy atom. The third-order valence-electron chi connectivity index (χ3n) is 4.37. The van der Waals surface area contributed by atoms with Crippen molar-refractivity contribution in [1.29, 1.82) is 0 Å². The lowest BCUT2D eigenvalue weighted by Crippen LogP contribution is -2.04. The van der Waals surface area contributed by atoms with E-state index in [4.69, 9.17) is 14.7 Å². The number of methoxy groups -OCH3 is 1. The van der Waals surface area contributed by atoms with E-state index in [2.05, 4.69) is 28.7 Å². The maximum absolute atomic E-state index is 5.46. The van der Waals surface area contributed by atoms with E-state index >= 15 is 0 Å². The first kappa shape index (κ1) is 17.0. The van der Waals surface area contributed by atoms with Crippen LogP contribution in [-0.4, -0.2) is 26.6 Å². The number of fused-ring (bicyclic) bond motifs is 1. The predicted molar refractivity (Wildman–Crippen MR) is 107 cm³/mol.